The molecule has 0 heterocycles. The summed E-state index contributed by atoms with van der Waals surface area (Å²) in [6.45, 7) is 1.86. The van der Waals surface area contributed by atoms with E-state index in [0.29, 0.717) is 6.42 Å². The molecule has 0 saturated carbocycles. The van der Waals surface area contributed by atoms with E-state index in [9.17, 15) is 9.59 Å². The summed E-state index contributed by atoms with van der Waals surface area (Å²) in [6.07, 6.45) is 6.62. The number of benzene rings is 1. The van der Waals surface area contributed by atoms with Crippen LogP contribution in [0.2, 0.25) is 0 Å². The predicted molar refractivity (Wildman–Crippen MR) is 89.9 cm³/mol. The minimum absolute atomic E-state index is 0.0323. The van der Waals surface area contributed by atoms with Crippen LogP contribution >= 0.6 is 0 Å². The first kappa shape index (κ1) is 17.2. The number of allylic oxidation sites excluding steroid dienone is 2. The molecule has 0 saturated heterocycles. The maximum Gasteiger partial charge on any atom is 0.228 e. The molecule has 1 aliphatic rings. The summed E-state index contributed by atoms with van der Waals surface area (Å²) in [6, 6.07) is 7.10. The fraction of sp³-hybridized carbons (Fsp3) is 0.444. The number of nitrogens with one attached hydrogen (secondary N) is 2. The maximum atomic E-state index is 12.0. The third-order valence-electron chi connectivity index (χ3n) is 4.04. The lowest BCUT2D eigenvalue weighted by atomic mass is 10.1. The molecular formula is C18H24N2O3. The number of amides is 2. The normalized spacial score (nSPS) is 15.4. The van der Waals surface area contributed by atoms with Crippen molar-refractivity contribution in [3.05, 3.63) is 42.0 Å². The Hall–Kier alpha value is -2.14. The first-order valence-corrected chi connectivity index (χ1v) is 8.07. The van der Waals surface area contributed by atoms with Crippen LogP contribution in [0.3, 0.4) is 0 Å². The minimum atomic E-state index is -0.193. The molecule has 2 amide bonds. The van der Waals surface area contributed by atoms with Gasteiger partial charge in [-0.1, -0.05) is 31.2 Å². The fourth-order valence-electron chi connectivity index (χ4n) is 2.52. The smallest absolute Gasteiger partial charge is 0.228 e. The van der Waals surface area contributed by atoms with Gasteiger partial charge in [0.05, 0.1) is 19.1 Å². The minimum Gasteiger partial charge on any atom is -0.394 e. The van der Waals surface area contributed by atoms with Crippen LogP contribution in [0.25, 0.3) is 0 Å². The Morgan fingerprint density at radius 1 is 1.22 bits per heavy atom. The molecular weight excluding hydrogens is 292 g/mol. The lowest BCUT2D eigenvalue weighted by molar-refractivity contribution is -0.121. The summed E-state index contributed by atoms with van der Waals surface area (Å²) < 4.78 is 0. The summed E-state index contributed by atoms with van der Waals surface area (Å²) in [5.41, 5.74) is 1.61. The molecule has 0 radical (unpaired) electrons. The van der Waals surface area contributed by atoms with Gasteiger partial charge in [-0.25, -0.2) is 0 Å². The molecule has 124 valence electrons. The monoisotopic (exact) mass is 316 g/mol. The molecule has 1 aromatic rings. The van der Waals surface area contributed by atoms with Gasteiger partial charge in [0, 0.05) is 11.6 Å². The van der Waals surface area contributed by atoms with Crippen LogP contribution in [0.1, 0.15) is 31.7 Å². The number of rotatable bonds is 7. The summed E-state index contributed by atoms with van der Waals surface area (Å²) >= 11 is 0. The molecule has 0 spiro atoms. The highest BCUT2D eigenvalue weighted by molar-refractivity contribution is 5.93. The molecule has 5 heteroatoms. The number of hydrogen-bond acceptors (Lipinski definition) is 3. The topological polar surface area (TPSA) is 78.4 Å². The van der Waals surface area contributed by atoms with E-state index in [1.807, 2.05) is 43.3 Å². The standard InChI is InChI=1S/C18H24N2O3/c1-2-15(12-21)19-17(22)11-13-7-9-16(10-8-13)20-18(23)14-5-3-4-6-14/h3-4,7-10,14-15,21H,2,5-6,11-12H2,1H3,(H,19,22)(H,20,23)/t15-/m1/s1. The number of hydrogen-bond donors (Lipinski definition) is 3. The highest BCUT2D eigenvalue weighted by Crippen LogP contribution is 2.20. The second kappa shape index (κ2) is 8.48. The Labute approximate surface area is 136 Å². The Morgan fingerprint density at radius 2 is 1.87 bits per heavy atom. The Balaban J connectivity index is 1.84. The van der Waals surface area contributed by atoms with Crippen LogP contribution < -0.4 is 10.6 Å². The number of aliphatic hydroxyl groups excluding tert-OH is 1. The molecule has 23 heavy (non-hydrogen) atoms. The number of carbonyl (C=O) groups is 2. The van der Waals surface area contributed by atoms with Crippen LogP contribution in [0.5, 0.6) is 0 Å². The zero-order valence-electron chi connectivity index (χ0n) is 13.4. The van der Waals surface area contributed by atoms with E-state index in [-0.39, 0.29) is 36.8 Å². The third-order valence-corrected chi connectivity index (χ3v) is 4.04. The van der Waals surface area contributed by atoms with E-state index < -0.39 is 0 Å². The van der Waals surface area contributed by atoms with Crippen molar-refractivity contribution in [2.24, 2.45) is 5.92 Å². The van der Waals surface area contributed by atoms with Gasteiger partial charge >= 0.3 is 0 Å². The van der Waals surface area contributed by atoms with Crippen molar-refractivity contribution in [2.45, 2.75) is 38.6 Å². The Morgan fingerprint density at radius 3 is 2.43 bits per heavy atom. The first-order valence-electron chi connectivity index (χ1n) is 8.07. The average molecular weight is 316 g/mol. The van der Waals surface area contributed by atoms with Gasteiger partial charge in [0.2, 0.25) is 11.8 Å². The van der Waals surface area contributed by atoms with Gasteiger partial charge in [-0.2, -0.15) is 0 Å². The zero-order chi connectivity index (χ0) is 16.7. The lowest BCUT2D eigenvalue weighted by Gasteiger charge is -2.14. The first-order chi connectivity index (χ1) is 11.1. The molecule has 2 rings (SSSR count). The van der Waals surface area contributed by atoms with Crippen molar-refractivity contribution in [2.75, 3.05) is 11.9 Å². The van der Waals surface area contributed by atoms with Crippen LogP contribution in [0.4, 0.5) is 5.69 Å². The summed E-state index contributed by atoms with van der Waals surface area (Å²) in [5, 5.41) is 14.8. The molecule has 5 nitrogen and oxygen atoms in total. The molecule has 0 aliphatic heterocycles. The number of carbonyl (C=O) groups excluding carboxylic acids is 2. The van der Waals surface area contributed by atoms with Crippen molar-refractivity contribution in [1.29, 1.82) is 0 Å². The van der Waals surface area contributed by atoms with E-state index in [2.05, 4.69) is 10.6 Å². The van der Waals surface area contributed by atoms with Crippen molar-refractivity contribution >= 4 is 17.5 Å². The second-order valence-electron chi connectivity index (χ2n) is 5.86. The highest BCUT2D eigenvalue weighted by Gasteiger charge is 2.19. The largest absolute Gasteiger partial charge is 0.394 e. The Bertz CT molecular complexity index is 554. The van der Waals surface area contributed by atoms with E-state index in [4.69, 9.17) is 5.11 Å². The molecule has 0 unspecified atom stereocenters. The van der Waals surface area contributed by atoms with Gasteiger partial charge in [0.15, 0.2) is 0 Å². The second-order valence-corrected chi connectivity index (χ2v) is 5.86. The summed E-state index contributed by atoms with van der Waals surface area (Å²) in [5.74, 6) is -0.0427. The maximum absolute atomic E-state index is 12.0. The molecule has 0 fully saturated rings. The lowest BCUT2D eigenvalue weighted by Crippen LogP contribution is -2.37. The molecule has 0 aromatic heterocycles. The zero-order valence-corrected chi connectivity index (χ0v) is 13.4. The number of anilines is 1. The van der Waals surface area contributed by atoms with Crippen molar-refractivity contribution in [3.63, 3.8) is 0 Å². The van der Waals surface area contributed by atoms with Gasteiger partial charge in [-0.3, -0.25) is 9.59 Å². The summed E-state index contributed by atoms with van der Waals surface area (Å²) in [4.78, 5) is 23.9. The molecule has 1 aliphatic carbocycles. The fourth-order valence-corrected chi connectivity index (χ4v) is 2.52. The molecule has 3 N–H and O–H groups in total. The van der Waals surface area contributed by atoms with Crippen molar-refractivity contribution < 1.29 is 14.7 Å². The van der Waals surface area contributed by atoms with Crippen LogP contribution in [0, 0.1) is 5.92 Å². The van der Waals surface area contributed by atoms with Crippen LogP contribution in [-0.2, 0) is 16.0 Å². The van der Waals surface area contributed by atoms with Crippen LogP contribution in [0.15, 0.2) is 36.4 Å². The average Bonchev–Trinajstić information content (AvgIpc) is 3.09. The third kappa shape index (κ3) is 5.21. The van der Waals surface area contributed by atoms with Gasteiger partial charge in [0.1, 0.15) is 0 Å². The van der Waals surface area contributed by atoms with E-state index in [0.717, 1.165) is 24.1 Å². The van der Waals surface area contributed by atoms with Crippen LogP contribution in [-0.4, -0.2) is 29.6 Å². The molecule has 1 atom stereocenters. The number of aliphatic hydroxyl groups is 1. The summed E-state index contributed by atoms with van der Waals surface area (Å²) in [7, 11) is 0. The van der Waals surface area contributed by atoms with Crippen molar-refractivity contribution in [1.82, 2.24) is 5.32 Å². The van der Waals surface area contributed by atoms with Gasteiger partial charge in [0.25, 0.3) is 0 Å². The van der Waals surface area contributed by atoms with E-state index in [1.54, 1.807) is 0 Å². The van der Waals surface area contributed by atoms with Gasteiger partial charge in [-0.15, -0.1) is 0 Å². The molecule has 0 bridgehead atoms. The Kier molecular flexibility index (Phi) is 6.35. The van der Waals surface area contributed by atoms with E-state index >= 15 is 0 Å². The molecule has 1 aromatic carbocycles. The predicted octanol–water partition coefficient (Wildman–Crippen LogP) is 2.02. The SMILES string of the molecule is CC[C@H](CO)NC(=O)Cc1ccc(NC(=O)C2CC=CC2)cc1. The van der Waals surface area contributed by atoms with Crippen molar-refractivity contribution in [3.8, 4) is 0 Å². The quantitative estimate of drug-likeness (QED) is 0.673. The highest BCUT2D eigenvalue weighted by atomic mass is 16.3. The van der Waals surface area contributed by atoms with Gasteiger partial charge < -0.3 is 15.7 Å². The van der Waals surface area contributed by atoms with E-state index in [1.165, 1.54) is 0 Å². The van der Waals surface area contributed by atoms with Gasteiger partial charge in [-0.05, 0) is 37.0 Å².